The molecule has 2 aliphatic heterocycles. The number of esters is 1. The van der Waals surface area contributed by atoms with E-state index in [0.717, 1.165) is 57.3 Å². The fourth-order valence-corrected chi connectivity index (χ4v) is 7.54. The molecule has 2 heterocycles. The molecule has 0 radical (unpaired) electrons. The van der Waals surface area contributed by atoms with Crippen molar-refractivity contribution in [2.45, 2.75) is 62.9 Å². The Morgan fingerprint density at radius 1 is 0.913 bits per heavy atom. The molecule has 246 valence electrons. The van der Waals surface area contributed by atoms with Gasteiger partial charge in [-0.05, 0) is 93.2 Å². The first kappa shape index (κ1) is 34.0. The van der Waals surface area contributed by atoms with E-state index in [1.54, 1.807) is 6.92 Å². The fraction of sp³-hybridized carbons (Fsp3) is 0.474. The average Bonchev–Trinajstić information content (AvgIpc) is 3.09. The summed E-state index contributed by atoms with van der Waals surface area (Å²) in [7, 11) is 0. The SMILES string of the molecule is CCOC(=O)CNC(=O)N1CCC(CC(CCCN2CCC(O)(c3ccc(Cl)cc3)CC2)(c2ccccc2)c2ccccc2)CC1. The van der Waals surface area contributed by atoms with Gasteiger partial charge in [0.05, 0.1) is 12.2 Å². The summed E-state index contributed by atoms with van der Waals surface area (Å²) in [6.45, 7) is 6.00. The number of ether oxygens (including phenoxy) is 1. The molecule has 46 heavy (non-hydrogen) atoms. The third-order valence-corrected chi connectivity index (χ3v) is 10.3. The van der Waals surface area contributed by atoms with Crippen LogP contribution in [-0.4, -0.2) is 72.8 Å². The van der Waals surface area contributed by atoms with Crippen molar-refractivity contribution in [2.24, 2.45) is 5.92 Å². The predicted molar refractivity (Wildman–Crippen MR) is 183 cm³/mol. The summed E-state index contributed by atoms with van der Waals surface area (Å²) in [5, 5.41) is 14.8. The number of hydrogen-bond acceptors (Lipinski definition) is 5. The smallest absolute Gasteiger partial charge is 0.325 e. The predicted octanol–water partition coefficient (Wildman–Crippen LogP) is 6.76. The van der Waals surface area contributed by atoms with E-state index < -0.39 is 11.6 Å². The number of piperidine rings is 2. The van der Waals surface area contributed by atoms with Gasteiger partial charge in [0.2, 0.25) is 0 Å². The van der Waals surface area contributed by atoms with Crippen molar-refractivity contribution in [3.05, 3.63) is 107 Å². The zero-order chi connectivity index (χ0) is 32.4. The molecule has 0 spiro atoms. The Labute approximate surface area is 278 Å². The summed E-state index contributed by atoms with van der Waals surface area (Å²) < 4.78 is 4.95. The summed E-state index contributed by atoms with van der Waals surface area (Å²) >= 11 is 6.09. The summed E-state index contributed by atoms with van der Waals surface area (Å²) in [6, 6.07) is 29.3. The maximum absolute atomic E-state index is 12.7. The van der Waals surface area contributed by atoms with Gasteiger partial charge >= 0.3 is 12.0 Å². The number of urea groups is 1. The number of likely N-dealkylation sites (tertiary alicyclic amines) is 2. The van der Waals surface area contributed by atoms with Gasteiger partial charge in [-0.1, -0.05) is 84.4 Å². The highest BCUT2D eigenvalue weighted by atomic mass is 35.5. The minimum atomic E-state index is -0.802. The Morgan fingerprint density at radius 2 is 1.50 bits per heavy atom. The van der Waals surface area contributed by atoms with Crippen LogP contribution in [0.15, 0.2) is 84.9 Å². The van der Waals surface area contributed by atoms with Crippen molar-refractivity contribution in [3.63, 3.8) is 0 Å². The molecule has 3 aromatic rings. The standard InChI is InChI=1S/C38H48ClN3O4/c1-2-46-35(43)29-40-36(44)42-24-18-30(19-25-42)28-37(31-10-5-3-6-11-31,32-12-7-4-8-13-32)20-9-23-41-26-21-38(45,22-27-41)33-14-16-34(39)17-15-33/h3-8,10-17,30,45H,2,9,18-29H2,1H3,(H,40,44). The van der Waals surface area contributed by atoms with Crippen molar-refractivity contribution in [3.8, 4) is 0 Å². The molecule has 2 aliphatic rings. The van der Waals surface area contributed by atoms with Gasteiger partial charge in [-0.2, -0.15) is 0 Å². The van der Waals surface area contributed by atoms with Crippen LogP contribution in [0.4, 0.5) is 4.79 Å². The lowest BCUT2D eigenvalue weighted by atomic mass is 9.65. The number of hydrogen-bond donors (Lipinski definition) is 2. The first-order chi connectivity index (χ1) is 22.3. The van der Waals surface area contributed by atoms with Crippen molar-refractivity contribution >= 4 is 23.6 Å². The number of halogens is 1. The van der Waals surface area contributed by atoms with E-state index in [1.807, 2.05) is 29.2 Å². The number of rotatable bonds is 12. The van der Waals surface area contributed by atoms with Gasteiger partial charge in [0.1, 0.15) is 6.54 Å². The van der Waals surface area contributed by atoms with Crippen LogP contribution in [0.5, 0.6) is 0 Å². The third-order valence-electron chi connectivity index (χ3n) is 10.0. The van der Waals surface area contributed by atoms with Gasteiger partial charge in [0.15, 0.2) is 0 Å². The first-order valence-corrected chi connectivity index (χ1v) is 17.2. The largest absolute Gasteiger partial charge is 0.465 e. The lowest BCUT2D eigenvalue weighted by Crippen LogP contribution is -2.46. The number of nitrogens with zero attached hydrogens (tertiary/aromatic N) is 2. The number of nitrogens with one attached hydrogen (secondary N) is 1. The third kappa shape index (κ3) is 8.49. The minimum Gasteiger partial charge on any atom is -0.465 e. The van der Waals surface area contributed by atoms with Crippen molar-refractivity contribution in [1.29, 1.82) is 0 Å². The summed E-state index contributed by atoms with van der Waals surface area (Å²) in [4.78, 5) is 28.8. The van der Waals surface area contributed by atoms with Gasteiger partial charge in [-0.3, -0.25) is 4.79 Å². The molecule has 7 nitrogen and oxygen atoms in total. The van der Waals surface area contributed by atoms with E-state index in [-0.39, 0.29) is 18.0 Å². The van der Waals surface area contributed by atoms with Crippen LogP contribution in [-0.2, 0) is 20.5 Å². The van der Waals surface area contributed by atoms with E-state index in [1.165, 1.54) is 11.1 Å². The molecule has 2 N–H and O–H groups in total. The molecule has 0 unspecified atom stereocenters. The first-order valence-electron chi connectivity index (χ1n) is 16.8. The van der Waals surface area contributed by atoms with Crippen molar-refractivity contribution in [1.82, 2.24) is 15.1 Å². The highest BCUT2D eigenvalue weighted by molar-refractivity contribution is 6.30. The van der Waals surface area contributed by atoms with Crippen LogP contribution in [0.2, 0.25) is 5.02 Å². The molecule has 8 heteroatoms. The van der Waals surface area contributed by atoms with Crippen LogP contribution in [0, 0.1) is 5.92 Å². The van der Waals surface area contributed by atoms with E-state index in [0.29, 0.717) is 43.5 Å². The average molecular weight is 646 g/mol. The van der Waals surface area contributed by atoms with Crippen molar-refractivity contribution < 1.29 is 19.4 Å². The van der Waals surface area contributed by atoms with Crippen LogP contribution < -0.4 is 5.32 Å². The van der Waals surface area contributed by atoms with Crippen LogP contribution in [0.1, 0.15) is 68.6 Å². The molecule has 0 atom stereocenters. The van der Waals surface area contributed by atoms with Crippen LogP contribution >= 0.6 is 11.6 Å². The lowest BCUT2D eigenvalue weighted by Gasteiger charge is -2.42. The highest BCUT2D eigenvalue weighted by Gasteiger charge is 2.39. The second-order valence-corrected chi connectivity index (χ2v) is 13.3. The summed E-state index contributed by atoms with van der Waals surface area (Å²) in [5.41, 5.74) is 2.68. The fourth-order valence-electron chi connectivity index (χ4n) is 7.41. The molecule has 0 saturated carbocycles. The Balaban J connectivity index is 1.25. The molecule has 3 aromatic carbocycles. The van der Waals surface area contributed by atoms with Crippen molar-refractivity contribution in [2.75, 3.05) is 45.9 Å². The lowest BCUT2D eigenvalue weighted by molar-refractivity contribution is -0.141. The van der Waals surface area contributed by atoms with Crippen LogP contribution in [0.3, 0.4) is 0 Å². The topological polar surface area (TPSA) is 82.1 Å². The Morgan fingerprint density at radius 3 is 2.07 bits per heavy atom. The zero-order valence-corrected chi connectivity index (χ0v) is 27.8. The molecule has 2 amide bonds. The normalized spacial score (nSPS) is 17.4. The number of benzene rings is 3. The molecule has 5 rings (SSSR count). The molecule has 2 saturated heterocycles. The number of amides is 2. The minimum absolute atomic E-state index is 0.102. The summed E-state index contributed by atoms with van der Waals surface area (Å²) in [5.74, 6) is 0.0434. The van der Waals surface area contributed by atoms with Gasteiger partial charge in [0, 0.05) is 36.6 Å². The monoisotopic (exact) mass is 645 g/mol. The molecular weight excluding hydrogens is 598 g/mol. The van der Waals surface area contributed by atoms with E-state index in [4.69, 9.17) is 16.3 Å². The van der Waals surface area contributed by atoms with Gasteiger partial charge in [-0.25, -0.2) is 4.79 Å². The maximum Gasteiger partial charge on any atom is 0.325 e. The molecule has 2 fully saturated rings. The van der Waals surface area contributed by atoms with Gasteiger partial charge in [0.25, 0.3) is 0 Å². The highest BCUT2D eigenvalue weighted by Crippen LogP contribution is 2.44. The Kier molecular flexibility index (Phi) is 11.8. The zero-order valence-electron chi connectivity index (χ0n) is 27.0. The van der Waals surface area contributed by atoms with E-state index in [2.05, 4.69) is 70.9 Å². The molecular formula is C38H48ClN3O4. The van der Waals surface area contributed by atoms with E-state index >= 15 is 0 Å². The molecule has 0 aliphatic carbocycles. The van der Waals surface area contributed by atoms with Gasteiger partial charge < -0.3 is 25.0 Å². The molecule has 0 bridgehead atoms. The number of aliphatic hydroxyl groups is 1. The number of carbonyl (C=O) groups excluding carboxylic acids is 2. The second-order valence-electron chi connectivity index (χ2n) is 12.9. The Bertz CT molecular complexity index is 1350. The summed E-state index contributed by atoms with van der Waals surface area (Å²) in [6.07, 6.45) is 6.33. The second kappa shape index (κ2) is 15.9. The number of carbonyl (C=O) groups is 2. The van der Waals surface area contributed by atoms with Crippen LogP contribution in [0.25, 0.3) is 0 Å². The molecule has 0 aromatic heterocycles. The quantitative estimate of drug-likeness (QED) is 0.213. The van der Waals surface area contributed by atoms with Gasteiger partial charge in [-0.15, -0.1) is 0 Å². The van der Waals surface area contributed by atoms with E-state index in [9.17, 15) is 14.7 Å². The Hall–Kier alpha value is -3.39. The maximum atomic E-state index is 12.7.